The van der Waals surface area contributed by atoms with Crippen molar-refractivity contribution in [1.82, 2.24) is 9.97 Å². The van der Waals surface area contributed by atoms with E-state index < -0.39 is 11.8 Å². The number of hydrogen-bond acceptors (Lipinski definition) is 8. The van der Waals surface area contributed by atoms with E-state index in [2.05, 4.69) is 15.3 Å². The fourth-order valence-electron chi connectivity index (χ4n) is 2.75. The van der Waals surface area contributed by atoms with Crippen LogP contribution in [-0.2, 0) is 19.1 Å². The maximum absolute atomic E-state index is 12.9. The van der Waals surface area contributed by atoms with Crippen molar-refractivity contribution in [1.29, 1.82) is 0 Å². The predicted molar refractivity (Wildman–Crippen MR) is 113 cm³/mol. The molecule has 0 radical (unpaired) electrons. The maximum Gasteiger partial charge on any atom is 0.347 e. The van der Waals surface area contributed by atoms with Crippen LogP contribution in [-0.4, -0.2) is 28.3 Å². The summed E-state index contributed by atoms with van der Waals surface area (Å²) in [5, 5.41) is 5.48. The second-order valence-electron chi connectivity index (χ2n) is 6.15. The minimum atomic E-state index is -0.739. The predicted octanol–water partition coefficient (Wildman–Crippen LogP) is 4.03. The zero-order chi connectivity index (χ0) is 20.9. The van der Waals surface area contributed by atoms with Crippen molar-refractivity contribution in [2.45, 2.75) is 6.92 Å². The number of Topliss-reactive ketones (excluding diaryl/α,β-unsaturated/α-hetero) is 1. The lowest BCUT2D eigenvalue weighted by atomic mass is 10.1. The van der Waals surface area contributed by atoms with Crippen LogP contribution in [0.4, 0.5) is 5.69 Å². The highest BCUT2D eigenvalue weighted by molar-refractivity contribution is 7.13. The molecule has 150 valence electrons. The zero-order valence-electron chi connectivity index (χ0n) is 16.0. The minimum Gasteiger partial charge on any atom is -0.462 e. The second kappa shape index (κ2) is 8.71. The molecule has 3 aromatic rings. The van der Waals surface area contributed by atoms with Crippen LogP contribution >= 0.6 is 11.3 Å². The number of ketones is 1. The fourth-order valence-corrected chi connectivity index (χ4v) is 3.50. The number of para-hydroxylation sites is 1. The number of carbonyl (C=O) groups excluding carboxylic acids is 2. The molecular formula is C22H17N3O4S. The van der Waals surface area contributed by atoms with Crippen LogP contribution in [0.15, 0.2) is 77.3 Å². The number of nitrogens with zero attached hydrogens (tertiary/aromatic N) is 2. The number of ether oxygens (including phenoxy) is 2. The Morgan fingerprint density at radius 2 is 2.00 bits per heavy atom. The van der Waals surface area contributed by atoms with Crippen molar-refractivity contribution >= 4 is 34.9 Å². The fraction of sp³-hybridized carbons (Fsp3) is 0.0909. The highest BCUT2D eigenvalue weighted by atomic mass is 32.1. The largest absolute Gasteiger partial charge is 0.462 e. The van der Waals surface area contributed by atoms with Gasteiger partial charge in [-0.15, -0.1) is 11.3 Å². The van der Waals surface area contributed by atoms with Gasteiger partial charge in [0.1, 0.15) is 5.01 Å². The summed E-state index contributed by atoms with van der Waals surface area (Å²) in [6.45, 7) is 1.82. The van der Waals surface area contributed by atoms with E-state index in [1.54, 1.807) is 30.6 Å². The van der Waals surface area contributed by atoms with Crippen LogP contribution in [0.3, 0.4) is 0 Å². The van der Waals surface area contributed by atoms with Crippen LogP contribution in [0.5, 0.6) is 0 Å². The third-order valence-corrected chi connectivity index (χ3v) is 4.97. The number of hydrogen-bond donors (Lipinski definition) is 1. The molecular weight excluding hydrogens is 402 g/mol. The van der Waals surface area contributed by atoms with E-state index in [9.17, 15) is 9.59 Å². The third kappa shape index (κ3) is 4.13. The van der Waals surface area contributed by atoms with Gasteiger partial charge in [0.05, 0.1) is 18.0 Å². The summed E-state index contributed by atoms with van der Waals surface area (Å²) in [4.78, 5) is 34.0. The van der Waals surface area contributed by atoms with Gasteiger partial charge < -0.3 is 14.8 Å². The quantitative estimate of drug-likeness (QED) is 0.366. The molecule has 0 spiro atoms. The summed E-state index contributed by atoms with van der Waals surface area (Å²) in [5.41, 5.74) is 1.78. The van der Waals surface area contributed by atoms with E-state index in [-0.39, 0.29) is 23.8 Å². The number of anilines is 1. The second-order valence-corrected chi connectivity index (χ2v) is 7.01. The molecule has 0 aliphatic carbocycles. The number of allylic oxidation sites excluding steroid dienone is 1. The van der Waals surface area contributed by atoms with Gasteiger partial charge in [-0.25, -0.2) is 9.78 Å². The molecule has 0 fully saturated rings. The highest BCUT2D eigenvalue weighted by Gasteiger charge is 2.37. The van der Waals surface area contributed by atoms with Crippen molar-refractivity contribution in [3.8, 4) is 10.7 Å². The number of carbonyl (C=O) groups is 2. The van der Waals surface area contributed by atoms with Gasteiger partial charge >= 0.3 is 5.97 Å². The number of nitrogens with one attached hydrogen (secondary N) is 1. The Morgan fingerprint density at radius 1 is 1.20 bits per heavy atom. The summed E-state index contributed by atoms with van der Waals surface area (Å²) < 4.78 is 10.7. The van der Waals surface area contributed by atoms with E-state index in [1.807, 2.05) is 36.4 Å². The molecule has 30 heavy (non-hydrogen) atoms. The molecule has 2 aromatic heterocycles. The van der Waals surface area contributed by atoms with Gasteiger partial charge in [-0.2, -0.15) is 0 Å². The van der Waals surface area contributed by atoms with Gasteiger partial charge in [0, 0.05) is 23.3 Å². The molecule has 0 atom stereocenters. The average Bonchev–Trinajstić information content (AvgIpc) is 3.35. The number of esters is 1. The minimum absolute atomic E-state index is 0.00523. The Morgan fingerprint density at radius 3 is 2.73 bits per heavy atom. The third-order valence-electron chi connectivity index (χ3n) is 4.09. The number of benzene rings is 1. The Labute approximate surface area is 176 Å². The summed E-state index contributed by atoms with van der Waals surface area (Å²) in [6.07, 6.45) is 3.19. The van der Waals surface area contributed by atoms with E-state index in [4.69, 9.17) is 9.47 Å². The zero-order valence-corrected chi connectivity index (χ0v) is 16.8. The van der Waals surface area contributed by atoms with Gasteiger partial charge in [0.2, 0.25) is 11.7 Å². The molecule has 4 rings (SSSR count). The first-order chi connectivity index (χ1) is 14.7. The van der Waals surface area contributed by atoms with Crippen LogP contribution in [0.2, 0.25) is 0 Å². The Hall–Kier alpha value is -3.78. The smallest absolute Gasteiger partial charge is 0.347 e. The van der Waals surface area contributed by atoms with Crippen molar-refractivity contribution in [3.63, 3.8) is 0 Å². The topological polar surface area (TPSA) is 90.4 Å². The van der Waals surface area contributed by atoms with E-state index in [0.29, 0.717) is 16.4 Å². The normalized spacial score (nSPS) is 14.7. The molecule has 3 heterocycles. The standard InChI is InChI=1S/C22H17N3O4S/c1-2-28-22(27)18-19(26)17(29-20(18)24-14-8-4-3-5-9-14)12-15-13-30-21(25-15)16-10-6-7-11-23-16/h3-13,24H,2H2,1H3/b17-12-. The summed E-state index contributed by atoms with van der Waals surface area (Å²) in [7, 11) is 0. The van der Waals surface area contributed by atoms with Crippen molar-refractivity contribution in [2.75, 3.05) is 11.9 Å². The highest BCUT2D eigenvalue weighted by Crippen LogP contribution is 2.30. The molecule has 7 nitrogen and oxygen atoms in total. The lowest BCUT2D eigenvalue weighted by molar-refractivity contribution is -0.139. The molecule has 1 aliphatic rings. The van der Waals surface area contributed by atoms with Gasteiger partial charge in [0.15, 0.2) is 11.3 Å². The average molecular weight is 419 g/mol. The van der Waals surface area contributed by atoms with Gasteiger partial charge in [0.25, 0.3) is 0 Å². The lowest BCUT2D eigenvalue weighted by Crippen LogP contribution is -2.16. The molecule has 8 heteroatoms. The van der Waals surface area contributed by atoms with E-state index in [1.165, 1.54) is 17.4 Å². The summed E-state index contributed by atoms with van der Waals surface area (Å²) in [6, 6.07) is 14.7. The molecule has 0 unspecified atom stereocenters. The van der Waals surface area contributed by atoms with Crippen molar-refractivity contribution in [3.05, 3.63) is 83.0 Å². The number of rotatable bonds is 6. The molecule has 0 amide bonds. The van der Waals surface area contributed by atoms with Crippen LogP contribution in [0, 0.1) is 0 Å². The molecule has 0 bridgehead atoms. The summed E-state index contributed by atoms with van der Waals surface area (Å²) >= 11 is 1.40. The molecule has 1 N–H and O–H groups in total. The summed E-state index contributed by atoms with van der Waals surface area (Å²) in [5.74, 6) is -1.26. The maximum atomic E-state index is 12.9. The lowest BCUT2D eigenvalue weighted by Gasteiger charge is -2.08. The van der Waals surface area contributed by atoms with Crippen LogP contribution in [0.1, 0.15) is 12.6 Å². The Kier molecular flexibility index (Phi) is 5.67. The molecule has 0 saturated heterocycles. The van der Waals surface area contributed by atoms with Gasteiger partial charge in [-0.3, -0.25) is 9.78 Å². The van der Waals surface area contributed by atoms with Crippen LogP contribution < -0.4 is 5.32 Å². The Balaban J connectivity index is 1.62. The van der Waals surface area contributed by atoms with Crippen molar-refractivity contribution < 1.29 is 19.1 Å². The van der Waals surface area contributed by atoms with E-state index >= 15 is 0 Å². The number of aromatic nitrogens is 2. The first-order valence-electron chi connectivity index (χ1n) is 9.20. The van der Waals surface area contributed by atoms with Gasteiger partial charge in [-0.05, 0) is 31.2 Å². The number of thiazole rings is 1. The molecule has 1 aromatic carbocycles. The number of pyridine rings is 1. The van der Waals surface area contributed by atoms with Gasteiger partial charge in [-0.1, -0.05) is 24.3 Å². The van der Waals surface area contributed by atoms with Crippen LogP contribution in [0.25, 0.3) is 16.8 Å². The molecule has 1 aliphatic heterocycles. The first kappa shape index (κ1) is 19.5. The SMILES string of the molecule is CCOC(=O)C1=C(Nc2ccccc2)O/C(=C\c2csc(-c3ccccn3)n2)C1=O. The first-order valence-corrected chi connectivity index (χ1v) is 10.1. The van der Waals surface area contributed by atoms with Crippen molar-refractivity contribution in [2.24, 2.45) is 0 Å². The monoisotopic (exact) mass is 419 g/mol. The Bertz CT molecular complexity index is 1140. The molecule has 0 saturated carbocycles. The van der Waals surface area contributed by atoms with E-state index in [0.717, 1.165) is 5.69 Å².